The van der Waals surface area contributed by atoms with Gasteiger partial charge >= 0.3 is 6.18 Å². The van der Waals surface area contributed by atoms with Crippen molar-refractivity contribution in [3.05, 3.63) is 35.1 Å². The second kappa shape index (κ2) is 2.98. The van der Waals surface area contributed by atoms with E-state index in [0.717, 1.165) is 12.1 Å². The Morgan fingerprint density at radius 2 is 1.85 bits per heavy atom. The predicted octanol–water partition coefficient (Wildman–Crippen LogP) is 3.26. The molecular weight excluding hydrogens is 181 g/mol. The summed E-state index contributed by atoms with van der Waals surface area (Å²) in [6.07, 6.45) is -4.50. The van der Waals surface area contributed by atoms with Gasteiger partial charge in [-0.2, -0.15) is 18.4 Å². The molecular formula is C8H4F3N2-. The first-order valence-electron chi connectivity index (χ1n) is 3.27. The Morgan fingerprint density at radius 1 is 1.23 bits per heavy atom. The van der Waals surface area contributed by atoms with E-state index in [-0.39, 0.29) is 11.3 Å². The van der Waals surface area contributed by atoms with Gasteiger partial charge in [0.05, 0.1) is 17.2 Å². The molecule has 0 fully saturated rings. The average Bonchev–Trinajstić information content (AvgIpc) is 2.01. The van der Waals surface area contributed by atoms with Gasteiger partial charge in [-0.15, -0.1) is 5.69 Å². The minimum absolute atomic E-state index is 0.153. The first kappa shape index (κ1) is 9.39. The van der Waals surface area contributed by atoms with E-state index < -0.39 is 11.7 Å². The van der Waals surface area contributed by atoms with Crippen molar-refractivity contribution in [1.29, 1.82) is 5.26 Å². The Labute approximate surface area is 72.4 Å². The van der Waals surface area contributed by atoms with Crippen LogP contribution < -0.4 is 0 Å². The third-order valence-corrected chi connectivity index (χ3v) is 1.39. The summed E-state index contributed by atoms with van der Waals surface area (Å²) >= 11 is 0. The van der Waals surface area contributed by atoms with Gasteiger partial charge in [0.1, 0.15) is 0 Å². The van der Waals surface area contributed by atoms with Crippen LogP contribution >= 0.6 is 0 Å². The molecule has 2 nitrogen and oxygen atoms in total. The lowest BCUT2D eigenvalue weighted by Crippen LogP contribution is -2.04. The fourth-order valence-corrected chi connectivity index (χ4v) is 0.856. The third-order valence-electron chi connectivity index (χ3n) is 1.39. The highest BCUT2D eigenvalue weighted by molar-refractivity contribution is 5.52. The summed E-state index contributed by atoms with van der Waals surface area (Å²) in [6.45, 7) is 0. The largest absolute Gasteiger partial charge is 0.699 e. The molecule has 0 spiro atoms. The van der Waals surface area contributed by atoms with Gasteiger partial charge in [-0.1, -0.05) is 12.1 Å². The zero-order valence-electron chi connectivity index (χ0n) is 6.31. The number of nitrogens with one attached hydrogen (secondary N) is 1. The Balaban J connectivity index is 3.26. The maximum Gasteiger partial charge on any atom is 0.416 e. The summed E-state index contributed by atoms with van der Waals surface area (Å²) in [4.78, 5) is 0. The molecule has 0 aliphatic heterocycles. The third kappa shape index (κ3) is 2.12. The molecule has 0 saturated carbocycles. The minimum atomic E-state index is -4.50. The number of hydrogen-bond donors (Lipinski definition) is 0. The second-order valence-corrected chi connectivity index (χ2v) is 2.41. The van der Waals surface area contributed by atoms with Crippen molar-refractivity contribution in [2.75, 3.05) is 0 Å². The molecule has 0 heterocycles. The lowest BCUT2D eigenvalue weighted by Gasteiger charge is -2.10. The van der Waals surface area contributed by atoms with Crippen LogP contribution in [0, 0.1) is 11.3 Å². The van der Waals surface area contributed by atoms with E-state index in [1.54, 1.807) is 6.07 Å². The first-order valence-corrected chi connectivity index (χ1v) is 3.27. The van der Waals surface area contributed by atoms with Crippen LogP contribution in [-0.2, 0) is 6.18 Å². The van der Waals surface area contributed by atoms with Crippen LogP contribution in [0.15, 0.2) is 18.2 Å². The molecule has 5 heteroatoms. The highest BCUT2D eigenvalue weighted by atomic mass is 19.4. The van der Waals surface area contributed by atoms with Crippen molar-refractivity contribution in [2.45, 2.75) is 6.18 Å². The van der Waals surface area contributed by atoms with E-state index in [9.17, 15) is 13.2 Å². The minimum Gasteiger partial charge on any atom is -0.699 e. The van der Waals surface area contributed by atoms with Crippen molar-refractivity contribution < 1.29 is 13.2 Å². The van der Waals surface area contributed by atoms with E-state index >= 15 is 0 Å². The maximum absolute atomic E-state index is 12.1. The van der Waals surface area contributed by atoms with E-state index in [2.05, 4.69) is 0 Å². The number of rotatable bonds is 0. The second-order valence-electron chi connectivity index (χ2n) is 2.41. The van der Waals surface area contributed by atoms with E-state index in [0.29, 0.717) is 6.07 Å². The molecule has 0 unspecified atom stereocenters. The van der Waals surface area contributed by atoms with Crippen LogP contribution in [0.5, 0.6) is 0 Å². The molecule has 1 rings (SSSR count). The van der Waals surface area contributed by atoms with Gasteiger partial charge in [0, 0.05) is 0 Å². The van der Waals surface area contributed by atoms with Crippen molar-refractivity contribution >= 4 is 5.69 Å². The van der Waals surface area contributed by atoms with Crippen LogP contribution in [0.1, 0.15) is 11.1 Å². The molecule has 0 bridgehead atoms. The summed E-state index contributed by atoms with van der Waals surface area (Å²) in [6, 6.07) is 4.04. The Bertz CT molecular complexity index is 363. The highest BCUT2D eigenvalue weighted by Gasteiger charge is 2.30. The number of alkyl halides is 3. The van der Waals surface area contributed by atoms with Gasteiger partial charge in [-0.05, 0) is 6.07 Å². The summed E-state index contributed by atoms with van der Waals surface area (Å²) in [5, 5.41) is 8.35. The molecule has 0 aliphatic carbocycles. The van der Waals surface area contributed by atoms with Crippen LogP contribution in [-0.4, -0.2) is 0 Å². The van der Waals surface area contributed by atoms with Gasteiger partial charge < -0.3 is 5.73 Å². The fraction of sp³-hybridized carbons (Fsp3) is 0.125. The van der Waals surface area contributed by atoms with Gasteiger partial charge in [0.15, 0.2) is 0 Å². The Kier molecular flexibility index (Phi) is 2.15. The smallest absolute Gasteiger partial charge is 0.416 e. The topological polar surface area (TPSA) is 47.6 Å². The molecule has 0 saturated heterocycles. The number of benzene rings is 1. The normalized spacial score (nSPS) is 10.9. The highest BCUT2D eigenvalue weighted by Crippen LogP contribution is 2.32. The van der Waals surface area contributed by atoms with Crippen LogP contribution in [0.25, 0.3) is 5.73 Å². The molecule has 0 atom stereocenters. The Hall–Kier alpha value is -1.70. The maximum atomic E-state index is 12.1. The van der Waals surface area contributed by atoms with E-state index in [4.69, 9.17) is 11.0 Å². The van der Waals surface area contributed by atoms with Crippen molar-refractivity contribution in [3.8, 4) is 6.07 Å². The number of hydrogen-bond acceptors (Lipinski definition) is 1. The molecule has 1 aromatic carbocycles. The van der Waals surface area contributed by atoms with Gasteiger partial charge in [-0.3, -0.25) is 0 Å². The lowest BCUT2D eigenvalue weighted by atomic mass is 10.1. The van der Waals surface area contributed by atoms with E-state index in [1.165, 1.54) is 0 Å². The van der Waals surface area contributed by atoms with Crippen molar-refractivity contribution in [1.82, 2.24) is 0 Å². The molecule has 0 amide bonds. The number of nitrogens with zero attached hydrogens (tertiary/aromatic N) is 1. The Morgan fingerprint density at radius 3 is 2.31 bits per heavy atom. The zero-order valence-corrected chi connectivity index (χ0v) is 6.31. The molecule has 0 aromatic heterocycles. The number of halogens is 3. The quantitative estimate of drug-likeness (QED) is 0.611. The number of nitriles is 1. The molecule has 13 heavy (non-hydrogen) atoms. The molecule has 0 aliphatic rings. The van der Waals surface area contributed by atoms with Crippen molar-refractivity contribution in [3.63, 3.8) is 0 Å². The van der Waals surface area contributed by atoms with Gasteiger partial charge in [0.25, 0.3) is 0 Å². The lowest BCUT2D eigenvalue weighted by molar-refractivity contribution is -0.137. The van der Waals surface area contributed by atoms with Crippen LogP contribution in [0.2, 0.25) is 0 Å². The SMILES string of the molecule is N#Cc1cc([NH-])cc(C(F)(F)F)c1. The van der Waals surface area contributed by atoms with Crippen LogP contribution in [0.4, 0.5) is 18.9 Å². The fourth-order valence-electron chi connectivity index (χ4n) is 0.856. The van der Waals surface area contributed by atoms with Gasteiger partial charge in [-0.25, -0.2) is 0 Å². The standard InChI is InChI=1S/C8H4F3N2/c9-8(10,11)6-1-5(4-12)2-7(13)3-6/h1-3,13H/q-1. The van der Waals surface area contributed by atoms with Crippen LogP contribution in [0.3, 0.4) is 0 Å². The molecule has 0 radical (unpaired) electrons. The monoisotopic (exact) mass is 185 g/mol. The first-order chi connectivity index (χ1) is 5.93. The summed E-state index contributed by atoms with van der Waals surface area (Å²) < 4.78 is 36.3. The van der Waals surface area contributed by atoms with Gasteiger partial charge in [0.2, 0.25) is 0 Å². The summed E-state index contributed by atoms with van der Waals surface area (Å²) in [5.41, 5.74) is 5.58. The molecule has 1 N–H and O–H groups in total. The zero-order chi connectivity index (χ0) is 10.1. The molecule has 1 aromatic rings. The van der Waals surface area contributed by atoms with E-state index in [1.807, 2.05) is 0 Å². The summed E-state index contributed by atoms with van der Waals surface area (Å²) in [7, 11) is 0. The average molecular weight is 185 g/mol. The molecule has 68 valence electrons. The van der Waals surface area contributed by atoms with Crippen molar-refractivity contribution in [2.24, 2.45) is 0 Å². The summed E-state index contributed by atoms with van der Waals surface area (Å²) in [5.74, 6) is 0. The predicted molar refractivity (Wildman–Crippen MR) is 40.1 cm³/mol.